The molecular formula is C6H11N5O5S. The first kappa shape index (κ1) is 13.2. The van der Waals surface area contributed by atoms with Crippen LogP contribution in [0.4, 0.5) is 17.5 Å². The first-order valence-corrected chi connectivity index (χ1v) is 5.62. The molecule has 1 aliphatic rings. The largest absolute Gasteiger partial charge is 0.726 e. The highest BCUT2D eigenvalue weighted by Gasteiger charge is 2.25. The second-order valence-electron chi connectivity index (χ2n) is 3.00. The van der Waals surface area contributed by atoms with Crippen LogP contribution >= 0.6 is 0 Å². The standard InChI is InChI=1S/C6H9N5O.H2O4S/c7-3-4(8)10-6(9)11-1-2-12-5(3)11;1-5(2,3)4/h1-2,7H2,(H3,8,9,10);(H2,1,2,3,4). The van der Waals surface area contributed by atoms with E-state index in [1.165, 1.54) is 0 Å². The van der Waals surface area contributed by atoms with E-state index in [9.17, 15) is 0 Å². The van der Waals surface area contributed by atoms with Crippen LogP contribution in [0.15, 0.2) is 0 Å². The van der Waals surface area contributed by atoms with Crippen LogP contribution in [-0.4, -0.2) is 29.1 Å². The highest BCUT2D eigenvalue weighted by Crippen LogP contribution is 2.24. The molecule has 0 saturated heterocycles. The zero-order valence-electron chi connectivity index (χ0n) is 8.53. The van der Waals surface area contributed by atoms with E-state index in [1.807, 2.05) is 0 Å². The Morgan fingerprint density at radius 2 is 1.94 bits per heavy atom. The number of anilines is 3. The Labute approximate surface area is 96.6 Å². The smallest absolute Gasteiger partial charge is 0.394 e. The number of ether oxygens (including phenoxy) is 1. The van der Waals surface area contributed by atoms with Crippen molar-refractivity contribution < 1.29 is 26.8 Å². The van der Waals surface area contributed by atoms with Gasteiger partial charge in [0.25, 0.3) is 5.88 Å². The minimum absolute atomic E-state index is 0.223. The Balaban J connectivity index is 0.000000249. The van der Waals surface area contributed by atoms with Crippen LogP contribution in [0, 0.1) is 0 Å². The topological polar surface area (TPSA) is 181 Å². The number of rotatable bonds is 0. The van der Waals surface area contributed by atoms with E-state index in [0.29, 0.717) is 30.7 Å². The summed E-state index contributed by atoms with van der Waals surface area (Å²) in [6, 6.07) is 0. The average molecular weight is 265 g/mol. The van der Waals surface area contributed by atoms with Crippen LogP contribution in [0.2, 0.25) is 0 Å². The minimum atomic E-state index is -4.92. The molecule has 0 aromatic carbocycles. The van der Waals surface area contributed by atoms with Gasteiger partial charge in [0.15, 0.2) is 5.69 Å². The second-order valence-corrected chi connectivity index (χ2v) is 3.86. The molecule has 10 nitrogen and oxygen atoms in total. The molecule has 7 N–H and O–H groups in total. The van der Waals surface area contributed by atoms with Gasteiger partial charge in [-0.3, -0.25) is 10.3 Å². The average Bonchev–Trinajstić information content (AvgIpc) is 2.60. The Kier molecular flexibility index (Phi) is 3.55. The van der Waals surface area contributed by atoms with Crippen LogP contribution in [0.25, 0.3) is 0 Å². The molecule has 1 aromatic heterocycles. The van der Waals surface area contributed by atoms with Gasteiger partial charge in [-0.05, 0) is 0 Å². The van der Waals surface area contributed by atoms with Crippen molar-refractivity contribution in [2.45, 2.75) is 6.54 Å². The number of nitrogen functional groups attached to an aromatic ring is 3. The lowest BCUT2D eigenvalue weighted by atomic mass is 10.4. The van der Waals surface area contributed by atoms with E-state index in [4.69, 9.17) is 39.5 Å². The maximum atomic E-state index is 8.63. The molecule has 0 aliphatic carbocycles. The van der Waals surface area contributed by atoms with Crippen LogP contribution in [0.5, 0.6) is 5.88 Å². The molecule has 0 radical (unpaired) electrons. The quantitative estimate of drug-likeness (QED) is 0.224. The van der Waals surface area contributed by atoms with Gasteiger partial charge < -0.3 is 20.8 Å². The van der Waals surface area contributed by atoms with Gasteiger partial charge in [0.2, 0.25) is 16.2 Å². The van der Waals surface area contributed by atoms with Crippen molar-refractivity contribution in [1.82, 2.24) is 4.98 Å². The molecule has 96 valence electrons. The molecule has 11 heteroatoms. The normalized spacial score (nSPS) is 13.3. The zero-order valence-corrected chi connectivity index (χ0v) is 9.35. The Bertz CT molecular complexity index is 522. The predicted octanol–water partition coefficient (Wildman–Crippen LogP) is -2.49. The summed E-state index contributed by atoms with van der Waals surface area (Å²) >= 11 is 0. The first-order chi connectivity index (χ1) is 7.70. The maximum Gasteiger partial charge on any atom is 0.394 e. The van der Waals surface area contributed by atoms with Crippen molar-refractivity contribution in [3.63, 3.8) is 0 Å². The monoisotopic (exact) mass is 265 g/mol. The molecule has 17 heavy (non-hydrogen) atoms. The summed E-state index contributed by atoms with van der Waals surface area (Å²) in [5.41, 5.74) is 17.0. The molecule has 2 rings (SSSR count). The van der Waals surface area contributed by atoms with Gasteiger partial charge in [0, 0.05) is 0 Å². The summed E-state index contributed by atoms with van der Waals surface area (Å²) in [5.74, 6) is 1.09. The third kappa shape index (κ3) is 3.58. The van der Waals surface area contributed by atoms with Crippen LogP contribution in [0.1, 0.15) is 0 Å². The summed E-state index contributed by atoms with van der Waals surface area (Å²) < 4.78 is 39.8. The fourth-order valence-electron chi connectivity index (χ4n) is 1.21. The zero-order chi connectivity index (χ0) is 13.2. The molecule has 0 unspecified atom stereocenters. The van der Waals surface area contributed by atoms with Crippen molar-refractivity contribution in [2.75, 3.05) is 23.8 Å². The summed E-state index contributed by atoms with van der Waals surface area (Å²) in [6.07, 6.45) is 0. The van der Waals surface area contributed by atoms with Crippen molar-refractivity contribution >= 4 is 27.9 Å². The molecule has 0 amide bonds. The summed E-state index contributed by atoms with van der Waals surface area (Å²) in [4.78, 5) is 3.86. The number of aromatic nitrogens is 2. The molecule has 1 aliphatic heterocycles. The molecule has 0 fully saturated rings. The Morgan fingerprint density at radius 1 is 1.41 bits per heavy atom. The molecule has 0 bridgehead atoms. The van der Waals surface area contributed by atoms with Gasteiger partial charge in [-0.2, -0.15) is 4.57 Å². The number of nitrogens with two attached hydrogens (primary N) is 3. The molecule has 0 atom stereocenters. The highest BCUT2D eigenvalue weighted by molar-refractivity contribution is 7.79. The van der Waals surface area contributed by atoms with E-state index in [2.05, 4.69) is 4.98 Å². The molecule has 2 heterocycles. The second kappa shape index (κ2) is 4.57. The summed E-state index contributed by atoms with van der Waals surface area (Å²) in [5, 5.41) is 0. The van der Waals surface area contributed by atoms with Gasteiger partial charge in [-0.1, -0.05) is 4.98 Å². The van der Waals surface area contributed by atoms with Crippen molar-refractivity contribution in [3.8, 4) is 5.88 Å². The van der Waals surface area contributed by atoms with E-state index >= 15 is 0 Å². The van der Waals surface area contributed by atoms with Crippen LogP contribution in [0.3, 0.4) is 0 Å². The van der Waals surface area contributed by atoms with Gasteiger partial charge in [-0.25, -0.2) is 8.42 Å². The fraction of sp³-hybridized carbons (Fsp3) is 0.333. The van der Waals surface area contributed by atoms with Gasteiger partial charge in [-0.15, -0.1) is 0 Å². The maximum absolute atomic E-state index is 8.63. The van der Waals surface area contributed by atoms with E-state index in [-0.39, 0.29) is 5.82 Å². The van der Waals surface area contributed by atoms with E-state index in [0.717, 1.165) is 0 Å². The minimum Gasteiger partial charge on any atom is -0.726 e. The molecular weight excluding hydrogens is 254 g/mol. The van der Waals surface area contributed by atoms with Crippen molar-refractivity contribution in [2.24, 2.45) is 0 Å². The molecule has 0 saturated carbocycles. The van der Waals surface area contributed by atoms with Gasteiger partial charge >= 0.3 is 5.95 Å². The number of hydrogen-bond donors (Lipinski definition) is 4. The Morgan fingerprint density at radius 3 is 2.47 bits per heavy atom. The van der Waals surface area contributed by atoms with Crippen molar-refractivity contribution in [3.05, 3.63) is 0 Å². The van der Waals surface area contributed by atoms with E-state index in [1.54, 1.807) is 4.57 Å². The third-order valence-corrected chi connectivity index (χ3v) is 1.82. The fourth-order valence-corrected chi connectivity index (χ4v) is 1.21. The van der Waals surface area contributed by atoms with Crippen LogP contribution in [-0.2, 0) is 16.9 Å². The Hall–Kier alpha value is -1.85. The summed E-state index contributed by atoms with van der Waals surface area (Å²) in [7, 11) is -4.92. The predicted molar refractivity (Wildman–Crippen MR) is 55.5 cm³/mol. The number of hydrogen-bond acceptors (Lipinski definition) is 8. The lowest BCUT2D eigenvalue weighted by Crippen LogP contribution is -2.36. The summed E-state index contributed by atoms with van der Waals surface area (Å²) in [6.45, 7) is 1.25. The lowest BCUT2D eigenvalue weighted by Gasteiger charge is -2.01. The lowest BCUT2D eigenvalue weighted by molar-refractivity contribution is -0.666. The first-order valence-electron chi connectivity index (χ1n) is 4.25. The number of fused-ring (bicyclic) bond motifs is 1. The SMILES string of the molecule is Nc1nc(N)[n+]2c(c1N)OCC2.O=S(=O)([O-])O. The van der Waals surface area contributed by atoms with Gasteiger partial charge in [0.05, 0.1) is 0 Å². The number of nitrogens with zero attached hydrogens (tertiary/aromatic N) is 2. The van der Waals surface area contributed by atoms with Crippen LogP contribution < -0.4 is 26.5 Å². The highest BCUT2D eigenvalue weighted by atomic mass is 32.3. The third-order valence-electron chi connectivity index (χ3n) is 1.82. The molecule has 0 spiro atoms. The van der Waals surface area contributed by atoms with Gasteiger partial charge in [0.1, 0.15) is 13.2 Å². The van der Waals surface area contributed by atoms with E-state index < -0.39 is 10.4 Å². The van der Waals surface area contributed by atoms with Crippen molar-refractivity contribution in [1.29, 1.82) is 0 Å². The molecule has 1 aromatic rings.